The van der Waals surface area contributed by atoms with Crippen molar-refractivity contribution in [3.8, 4) is 22.8 Å². The van der Waals surface area contributed by atoms with Gasteiger partial charge in [-0.25, -0.2) is 4.98 Å². The Balaban J connectivity index is 1.51. The molecule has 0 unspecified atom stereocenters. The first-order chi connectivity index (χ1) is 16.1. The molecule has 0 aliphatic rings. The molecule has 0 spiro atoms. The molecule has 0 radical (unpaired) electrons. The van der Waals surface area contributed by atoms with E-state index < -0.39 is 0 Å². The summed E-state index contributed by atoms with van der Waals surface area (Å²) in [5.74, 6) is 1.29. The van der Waals surface area contributed by atoms with Gasteiger partial charge in [-0.2, -0.15) is 0 Å². The van der Waals surface area contributed by atoms with Gasteiger partial charge < -0.3 is 9.47 Å². The van der Waals surface area contributed by atoms with Crippen LogP contribution < -0.4 is 14.8 Å². The van der Waals surface area contributed by atoms with Crippen molar-refractivity contribution < 1.29 is 14.3 Å². The number of hydrogen-bond donors (Lipinski definition) is 1. The van der Waals surface area contributed by atoms with Gasteiger partial charge >= 0.3 is 0 Å². The number of ether oxygens (including phenoxy) is 2. The lowest BCUT2D eigenvalue weighted by Crippen LogP contribution is -2.24. The highest BCUT2D eigenvalue weighted by Crippen LogP contribution is 2.36. The van der Waals surface area contributed by atoms with E-state index in [2.05, 4.69) is 64.0 Å². The van der Waals surface area contributed by atoms with Gasteiger partial charge in [0.2, 0.25) is 0 Å². The minimum Gasteiger partial charge on any atom is -0.494 e. The zero-order valence-electron chi connectivity index (χ0n) is 21.1. The third kappa shape index (κ3) is 7.59. The maximum absolute atomic E-state index is 12.4. The molecule has 0 aliphatic carbocycles. The number of nitrogens with zero attached hydrogens (tertiary/aromatic N) is 1. The third-order valence-electron chi connectivity index (χ3n) is 5.35. The Morgan fingerprint density at radius 1 is 0.941 bits per heavy atom. The van der Waals surface area contributed by atoms with Gasteiger partial charge in [0.25, 0.3) is 5.91 Å². The molecule has 182 valence electrons. The molecule has 2 aromatic carbocycles. The van der Waals surface area contributed by atoms with Crippen molar-refractivity contribution in [3.05, 3.63) is 59.5 Å². The first kappa shape index (κ1) is 25.8. The number of thiazole rings is 1. The molecule has 5 nitrogen and oxygen atoms in total. The van der Waals surface area contributed by atoms with Gasteiger partial charge in [0, 0.05) is 10.9 Å². The fourth-order valence-corrected chi connectivity index (χ4v) is 4.88. The summed E-state index contributed by atoms with van der Waals surface area (Å²) in [5, 5.41) is 5.30. The summed E-state index contributed by atoms with van der Waals surface area (Å²) in [6.45, 7) is 14.0. The third-order valence-corrected chi connectivity index (χ3v) is 6.11. The average molecular weight is 481 g/mol. The Morgan fingerprint density at radius 2 is 1.56 bits per heavy atom. The van der Waals surface area contributed by atoms with Gasteiger partial charge in [-0.3, -0.25) is 10.1 Å². The summed E-state index contributed by atoms with van der Waals surface area (Å²) in [5.41, 5.74) is 3.38. The van der Waals surface area contributed by atoms with E-state index in [4.69, 9.17) is 9.47 Å². The number of hydrogen-bond acceptors (Lipinski definition) is 5. The summed E-state index contributed by atoms with van der Waals surface area (Å²) in [6.07, 6.45) is 2.05. The average Bonchev–Trinajstić information content (AvgIpc) is 3.23. The zero-order valence-corrected chi connectivity index (χ0v) is 21.9. The van der Waals surface area contributed by atoms with Crippen LogP contribution in [0.3, 0.4) is 0 Å². The highest BCUT2D eigenvalue weighted by Gasteiger charge is 2.27. The van der Waals surface area contributed by atoms with Crippen LogP contribution >= 0.6 is 11.3 Å². The Morgan fingerprint density at radius 3 is 2.18 bits per heavy atom. The zero-order chi connectivity index (χ0) is 24.8. The van der Waals surface area contributed by atoms with Crippen LogP contribution in [0.25, 0.3) is 11.3 Å². The van der Waals surface area contributed by atoms with E-state index in [0.29, 0.717) is 17.5 Å². The first-order valence-electron chi connectivity index (χ1n) is 11.8. The Hall–Kier alpha value is -2.86. The van der Waals surface area contributed by atoms with Crippen LogP contribution in [0.15, 0.2) is 53.9 Å². The minimum atomic E-state index is -0.235. The molecule has 1 N–H and O–H groups in total. The summed E-state index contributed by atoms with van der Waals surface area (Å²) in [6, 6.07) is 15.9. The lowest BCUT2D eigenvalue weighted by Gasteiger charge is -2.33. The maximum atomic E-state index is 12.4. The second-order valence-electron chi connectivity index (χ2n) is 10.4. The van der Waals surface area contributed by atoms with E-state index in [1.165, 1.54) is 16.9 Å². The molecule has 34 heavy (non-hydrogen) atoms. The molecule has 3 aromatic rings. The van der Waals surface area contributed by atoms with Crippen molar-refractivity contribution in [1.29, 1.82) is 0 Å². The van der Waals surface area contributed by atoms with Gasteiger partial charge in [-0.05, 0) is 65.6 Å². The van der Waals surface area contributed by atoms with Crippen LogP contribution in [0.2, 0.25) is 0 Å². The maximum Gasteiger partial charge on any atom is 0.264 e. The van der Waals surface area contributed by atoms with E-state index in [9.17, 15) is 4.79 Å². The molecule has 0 atom stereocenters. The van der Waals surface area contributed by atoms with Crippen molar-refractivity contribution in [2.45, 2.75) is 59.8 Å². The lowest BCUT2D eigenvalue weighted by atomic mass is 9.72. The van der Waals surface area contributed by atoms with E-state index in [1.807, 2.05) is 41.8 Å². The second-order valence-corrected chi connectivity index (χ2v) is 11.3. The molecule has 1 amide bonds. The van der Waals surface area contributed by atoms with Crippen LogP contribution in [0.5, 0.6) is 11.5 Å². The Bertz CT molecular complexity index is 1060. The fourth-order valence-electron chi connectivity index (χ4n) is 4.14. The Kier molecular flexibility index (Phi) is 8.37. The van der Waals surface area contributed by atoms with Gasteiger partial charge in [0.1, 0.15) is 11.5 Å². The van der Waals surface area contributed by atoms with Crippen LogP contribution in [-0.4, -0.2) is 24.1 Å². The van der Waals surface area contributed by atoms with Crippen LogP contribution in [0, 0.1) is 5.41 Å². The van der Waals surface area contributed by atoms with Gasteiger partial charge in [0.15, 0.2) is 11.7 Å². The monoisotopic (exact) mass is 480 g/mol. The molecule has 6 heteroatoms. The highest BCUT2D eigenvalue weighted by molar-refractivity contribution is 7.14. The highest BCUT2D eigenvalue weighted by atomic mass is 32.1. The summed E-state index contributed by atoms with van der Waals surface area (Å²) in [4.78, 5) is 16.9. The van der Waals surface area contributed by atoms with Crippen LogP contribution in [-0.2, 0) is 10.2 Å². The first-order valence-corrected chi connectivity index (χ1v) is 12.7. The van der Waals surface area contributed by atoms with E-state index in [1.54, 1.807) is 0 Å². The molecule has 0 saturated heterocycles. The number of rotatable bonds is 10. The standard InChI is InChI=1S/C28H36N2O3S/c1-7-16-32-22-12-8-20(9-13-22)24-18-34-26(29-24)30-25(31)17-33-23-14-10-21(11-15-23)28(5,6)19-27(2,3)4/h8-15,18H,7,16-17,19H2,1-6H3,(H,29,30,31). The molecule has 0 fully saturated rings. The van der Waals surface area contributed by atoms with Crippen molar-refractivity contribution in [2.75, 3.05) is 18.5 Å². The summed E-state index contributed by atoms with van der Waals surface area (Å²) >= 11 is 1.39. The molecule has 3 rings (SSSR count). The van der Waals surface area contributed by atoms with Gasteiger partial charge in [0.05, 0.1) is 12.3 Å². The predicted octanol–water partition coefficient (Wildman–Crippen LogP) is 7.33. The number of anilines is 1. The van der Waals surface area contributed by atoms with Gasteiger partial charge in [-0.15, -0.1) is 11.3 Å². The molecule has 1 aromatic heterocycles. The van der Waals surface area contributed by atoms with Crippen LogP contribution in [0.4, 0.5) is 5.13 Å². The smallest absolute Gasteiger partial charge is 0.264 e. The van der Waals surface area contributed by atoms with Crippen molar-refractivity contribution in [1.82, 2.24) is 4.98 Å². The van der Waals surface area contributed by atoms with E-state index in [0.717, 1.165) is 29.8 Å². The number of aromatic nitrogens is 1. The number of benzene rings is 2. The quantitative estimate of drug-likeness (QED) is 0.330. The van der Waals surface area contributed by atoms with Crippen LogP contribution in [0.1, 0.15) is 59.9 Å². The molecule has 0 aliphatic heterocycles. The number of carbonyl (C=O) groups is 1. The number of carbonyl (C=O) groups excluding carboxylic acids is 1. The molecule has 0 bridgehead atoms. The molecular weight excluding hydrogens is 444 g/mol. The van der Waals surface area contributed by atoms with E-state index >= 15 is 0 Å². The largest absolute Gasteiger partial charge is 0.494 e. The lowest BCUT2D eigenvalue weighted by molar-refractivity contribution is -0.118. The number of amides is 1. The summed E-state index contributed by atoms with van der Waals surface area (Å²) in [7, 11) is 0. The Labute approximate surface area is 207 Å². The van der Waals surface area contributed by atoms with Crippen molar-refractivity contribution >= 4 is 22.4 Å². The molecular formula is C28H36N2O3S. The second kappa shape index (κ2) is 11.0. The fraction of sp³-hybridized carbons (Fsp3) is 0.429. The number of nitrogens with one attached hydrogen (secondary N) is 1. The normalized spacial score (nSPS) is 11.8. The SMILES string of the molecule is CCCOc1ccc(-c2csc(NC(=O)COc3ccc(C(C)(C)CC(C)(C)C)cc3)n2)cc1. The van der Waals surface area contributed by atoms with Crippen molar-refractivity contribution in [2.24, 2.45) is 5.41 Å². The molecule has 1 heterocycles. The van der Waals surface area contributed by atoms with Crippen molar-refractivity contribution in [3.63, 3.8) is 0 Å². The van der Waals surface area contributed by atoms with E-state index in [-0.39, 0.29) is 23.3 Å². The predicted molar refractivity (Wildman–Crippen MR) is 141 cm³/mol. The minimum absolute atomic E-state index is 0.0664. The summed E-state index contributed by atoms with van der Waals surface area (Å²) < 4.78 is 11.3. The molecule has 0 saturated carbocycles. The topological polar surface area (TPSA) is 60.5 Å². The van der Waals surface area contributed by atoms with Gasteiger partial charge in [-0.1, -0.05) is 53.7 Å².